The van der Waals surface area contributed by atoms with E-state index in [-0.39, 0.29) is 23.9 Å². The van der Waals surface area contributed by atoms with Gasteiger partial charge in [-0.2, -0.15) is 10.2 Å². The minimum absolute atomic E-state index is 0.138. The van der Waals surface area contributed by atoms with Crippen LogP contribution in [-0.2, 0) is 23.4 Å². The number of hydrogen-bond acceptors (Lipinski definition) is 11. The van der Waals surface area contributed by atoms with Crippen LogP contribution in [0.2, 0.25) is 0 Å². The molecule has 6 atom stereocenters. The van der Waals surface area contributed by atoms with Crippen molar-refractivity contribution in [2.45, 2.75) is 50.2 Å². The number of benzene rings is 1. The Morgan fingerprint density at radius 2 is 2.05 bits per heavy atom. The lowest BCUT2D eigenvalue weighted by molar-refractivity contribution is -0.145. The molecular formula is C24H31FN5O8P. The number of alkyl halides is 1. The van der Waals surface area contributed by atoms with E-state index in [9.17, 15) is 24.0 Å². The number of hydrogen-bond donors (Lipinski definition) is 4. The first-order chi connectivity index (χ1) is 18.6. The lowest BCUT2D eigenvalue weighted by atomic mass is 9.96. The molecule has 0 unspecified atom stereocenters. The summed E-state index contributed by atoms with van der Waals surface area (Å²) in [5.74, 6) is -0.396. The van der Waals surface area contributed by atoms with E-state index in [2.05, 4.69) is 15.2 Å². The van der Waals surface area contributed by atoms with E-state index >= 15 is 0 Å². The molecule has 3 aromatic rings. The van der Waals surface area contributed by atoms with Crippen molar-refractivity contribution in [3.05, 3.63) is 54.5 Å². The fourth-order valence-corrected chi connectivity index (χ4v) is 5.63. The number of aromatic nitrogens is 3. The van der Waals surface area contributed by atoms with E-state index in [1.54, 1.807) is 30.3 Å². The summed E-state index contributed by atoms with van der Waals surface area (Å²) >= 11 is 0. The number of nitrogens with two attached hydrogens (primary N) is 1. The average molecular weight is 568 g/mol. The first-order valence-corrected chi connectivity index (χ1v) is 13.8. The molecule has 0 amide bonds. The van der Waals surface area contributed by atoms with Crippen LogP contribution in [0.3, 0.4) is 0 Å². The number of para-hydroxylation sites is 1. The molecule has 0 radical (unpaired) electrons. The van der Waals surface area contributed by atoms with Gasteiger partial charge in [-0.15, -0.1) is 0 Å². The maximum absolute atomic E-state index is 14.5. The SMILES string of the molecule is CCCOC(=O)[C@H](C)N[P@@](=O)(OC[C@@]1(CF)O[C@@H](c2ccc3c(N)ncnn23)[C@H](O)[C@@H]1O)Oc1ccccc1. The van der Waals surface area contributed by atoms with Crippen molar-refractivity contribution in [1.82, 2.24) is 19.7 Å². The Morgan fingerprint density at radius 3 is 2.74 bits per heavy atom. The number of anilines is 1. The van der Waals surface area contributed by atoms with Gasteiger partial charge in [-0.25, -0.2) is 18.5 Å². The zero-order valence-electron chi connectivity index (χ0n) is 21.3. The summed E-state index contributed by atoms with van der Waals surface area (Å²) in [7, 11) is -4.40. The van der Waals surface area contributed by atoms with Crippen LogP contribution in [0.15, 0.2) is 48.8 Å². The molecule has 1 aromatic carbocycles. The van der Waals surface area contributed by atoms with Gasteiger partial charge in [0.05, 0.1) is 18.9 Å². The number of aliphatic hydroxyl groups excluding tert-OH is 2. The van der Waals surface area contributed by atoms with E-state index < -0.39 is 57.0 Å². The summed E-state index contributed by atoms with van der Waals surface area (Å²) in [6.07, 6.45) is -2.87. The molecule has 1 aliphatic rings. The van der Waals surface area contributed by atoms with Gasteiger partial charge in [0.2, 0.25) is 0 Å². The Bertz CT molecular complexity index is 1330. The van der Waals surface area contributed by atoms with Crippen molar-refractivity contribution in [2.75, 3.05) is 25.6 Å². The predicted molar refractivity (Wildman–Crippen MR) is 136 cm³/mol. The lowest BCUT2D eigenvalue weighted by Gasteiger charge is -2.31. The van der Waals surface area contributed by atoms with Crippen LogP contribution in [-0.4, -0.2) is 74.5 Å². The summed E-state index contributed by atoms with van der Waals surface area (Å²) < 4.78 is 51.7. The van der Waals surface area contributed by atoms with E-state index in [1.165, 1.54) is 29.9 Å². The molecular weight excluding hydrogens is 536 g/mol. The number of esters is 1. The molecule has 39 heavy (non-hydrogen) atoms. The fourth-order valence-electron chi connectivity index (χ4n) is 4.08. The van der Waals surface area contributed by atoms with Crippen molar-refractivity contribution in [2.24, 2.45) is 0 Å². The van der Waals surface area contributed by atoms with Crippen LogP contribution in [0.25, 0.3) is 5.52 Å². The molecule has 3 heterocycles. The Morgan fingerprint density at radius 1 is 1.31 bits per heavy atom. The highest BCUT2D eigenvalue weighted by molar-refractivity contribution is 7.52. The van der Waals surface area contributed by atoms with Gasteiger partial charge in [-0.3, -0.25) is 9.32 Å². The lowest BCUT2D eigenvalue weighted by Crippen LogP contribution is -2.49. The van der Waals surface area contributed by atoms with Crippen LogP contribution in [0, 0.1) is 0 Å². The molecule has 0 aliphatic carbocycles. The van der Waals surface area contributed by atoms with Crippen molar-refractivity contribution < 1.29 is 42.5 Å². The molecule has 13 nitrogen and oxygen atoms in total. The summed E-state index contributed by atoms with van der Waals surface area (Å²) in [4.78, 5) is 16.2. The Kier molecular flexibility index (Phi) is 8.84. The largest absolute Gasteiger partial charge is 0.465 e. The van der Waals surface area contributed by atoms with Gasteiger partial charge in [0, 0.05) is 0 Å². The van der Waals surface area contributed by atoms with Gasteiger partial charge >= 0.3 is 13.7 Å². The maximum Gasteiger partial charge on any atom is 0.459 e. The third-order valence-corrected chi connectivity index (χ3v) is 7.79. The molecule has 0 saturated carbocycles. The van der Waals surface area contributed by atoms with Gasteiger partial charge in [0.1, 0.15) is 54.2 Å². The highest BCUT2D eigenvalue weighted by atomic mass is 31.2. The van der Waals surface area contributed by atoms with Gasteiger partial charge in [-0.1, -0.05) is 25.1 Å². The van der Waals surface area contributed by atoms with Crippen LogP contribution < -0.4 is 15.3 Å². The topological polar surface area (TPSA) is 180 Å². The number of nitrogens with zero attached hydrogens (tertiary/aromatic N) is 3. The molecule has 5 N–H and O–H groups in total. The molecule has 15 heteroatoms. The number of ether oxygens (including phenoxy) is 2. The van der Waals surface area contributed by atoms with Crippen molar-refractivity contribution in [3.8, 4) is 5.75 Å². The molecule has 0 spiro atoms. The number of halogens is 1. The third-order valence-electron chi connectivity index (χ3n) is 6.16. The number of rotatable bonds is 12. The van der Waals surface area contributed by atoms with E-state index in [0.717, 1.165) is 0 Å². The van der Waals surface area contributed by atoms with Crippen molar-refractivity contribution in [1.29, 1.82) is 0 Å². The van der Waals surface area contributed by atoms with E-state index in [0.29, 0.717) is 11.9 Å². The second-order valence-corrected chi connectivity index (χ2v) is 10.8. The van der Waals surface area contributed by atoms with Gasteiger partial charge in [0.25, 0.3) is 0 Å². The van der Waals surface area contributed by atoms with Crippen molar-refractivity contribution in [3.63, 3.8) is 0 Å². The Labute approximate surface area is 223 Å². The summed E-state index contributed by atoms with van der Waals surface area (Å²) in [5, 5.41) is 28.3. The van der Waals surface area contributed by atoms with Gasteiger partial charge in [-0.05, 0) is 37.6 Å². The minimum atomic E-state index is -4.40. The molecule has 4 rings (SSSR count). The van der Waals surface area contributed by atoms with E-state index in [4.69, 9.17) is 24.3 Å². The second-order valence-electron chi connectivity index (χ2n) is 9.07. The maximum atomic E-state index is 14.5. The first kappa shape index (κ1) is 28.9. The van der Waals surface area contributed by atoms with Crippen LogP contribution in [0.1, 0.15) is 32.1 Å². The molecule has 2 aromatic heterocycles. The first-order valence-electron chi connectivity index (χ1n) is 12.2. The number of carbonyl (C=O) groups excluding carboxylic acids is 1. The van der Waals surface area contributed by atoms with Crippen molar-refractivity contribution >= 4 is 25.1 Å². The molecule has 1 aliphatic heterocycles. The number of carbonyl (C=O) groups is 1. The standard InChI is InChI=1S/C24H31FN5O8P/c1-3-11-35-23(33)15(2)29-39(34,38-16-7-5-4-6-8-16)36-13-24(12-25)21(32)19(31)20(37-24)17-9-10-18-22(26)27-14-28-30(17)18/h4-10,14-15,19-21,31-32H,3,11-13H2,1-2H3,(H,29,34)(H2,26,27,28)/t15-,19-,20-,21-,24+,39+/m0/s1. The Hall–Kier alpha value is -3.13. The highest BCUT2D eigenvalue weighted by Gasteiger charge is 2.57. The normalized spacial score (nSPS) is 25.3. The number of nitrogen functional groups attached to an aromatic ring is 1. The van der Waals surface area contributed by atoms with Crippen LogP contribution in [0.4, 0.5) is 10.2 Å². The number of aliphatic hydroxyl groups is 2. The monoisotopic (exact) mass is 567 g/mol. The molecule has 0 bridgehead atoms. The number of nitrogens with one attached hydrogen (secondary N) is 1. The Balaban J connectivity index is 1.57. The summed E-state index contributed by atoms with van der Waals surface area (Å²) in [6.45, 7) is 1.25. The summed E-state index contributed by atoms with van der Waals surface area (Å²) in [5.41, 5.74) is 4.41. The second kappa shape index (κ2) is 11.9. The zero-order valence-corrected chi connectivity index (χ0v) is 22.2. The minimum Gasteiger partial charge on any atom is -0.465 e. The predicted octanol–water partition coefficient (Wildman–Crippen LogP) is 1.95. The third kappa shape index (κ3) is 6.06. The quantitative estimate of drug-likeness (QED) is 0.185. The van der Waals surface area contributed by atoms with Gasteiger partial charge in [0.15, 0.2) is 5.82 Å². The fraction of sp³-hybridized carbons (Fsp3) is 0.458. The van der Waals surface area contributed by atoms with E-state index in [1.807, 2.05) is 6.92 Å². The molecule has 1 saturated heterocycles. The number of fused-ring (bicyclic) bond motifs is 1. The van der Waals surface area contributed by atoms with Crippen LogP contribution >= 0.6 is 7.75 Å². The van der Waals surface area contributed by atoms with Gasteiger partial charge < -0.3 is 29.9 Å². The zero-order chi connectivity index (χ0) is 28.2. The summed E-state index contributed by atoms with van der Waals surface area (Å²) in [6, 6.07) is 9.99. The van der Waals surface area contributed by atoms with Crippen LogP contribution in [0.5, 0.6) is 5.75 Å². The smallest absolute Gasteiger partial charge is 0.459 e. The average Bonchev–Trinajstić information content (AvgIpc) is 3.47. The molecule has 212 valence electrons. The highest BCUT2D eigenvalue weighted by Crippen LogP contribution is 2.48. The molecule has 1 fully saturated rings.